The minimum absolute atomic E-state index is 0.00535. The smallest absolute Gasteiger partial charge is 0.231 e. The molecule has 2 aromatic carbocycles. The molecule has 1 aliphatic rings. The van der Waals surface area contributed by atoms with Crippen LogP contribution in [0.4, 0.5) is 11.4 Å². The highest BCUT2D eigenvalue weighted by atomic mass is 16.2. The lowest BCUT2D eigenvalue weighted by atomic mass is 10.1. The first-order chi connectivity index (χ1) is 12.5. The molecule has 0 bridgehead atoms. The Bertz CT molecular complexity index is 759. The summed E-state index contributed by atoms with van der Waals surface area (Å²) in [6, 6.07) is 17.2. The van der Waals surface area contributed by atoms with Crippen LogP contribution in [-0.4, -0.2) is 24.9 Å². The molecule has 136 valence electrons. The maximum atomic E-state index is 12.4. The van der Waals surface area contributed by atoms with E-state index < -0.39 is 0 Å². The summed E-state index contributed by atoms with van der Waals surface area (Å²) in [7, 11) is 1.78. The number of likely N-dealkylation sites (N-methyl/N-ethyl adjacent to an activating group) is 1. The molecule has 2 atom stereocenters. The van der Waals surface area contributed by atoms with Gasteiger partial charge >= 0.3 is 0 Å². The van der Waals surface area contributed by atoms with Crippen LogP contribution in [0.1, 0.15) is 24.8 Å². The summed E-state index contributed by atoms with van der Waals surface area (Å²) < 4.78 is 0. The Kier molecular flexibility index (Phi) is 5.68. The minimum atomic E-state index is 0.00535. The largest absolute Gasteiger partial charge is 0.328 e. The van der Waals surface area contributed by atoms with Gasteiger partial charge in [-0.3, -0.25) is 9.59 Å². The number of carbonyl (C=O) groups excluding carboxylic acids is 2. The number of para-hydroxylation sites is 1. The van der Waals surface area contributed by atoms with Crippen LogP contribution in [0.25, 0.3) is 0 Å². The molecule has 1 fully saturated rings. The van der Waals surface area contributed by atoms with E-state index in [2.05, 4.69) is 5.32 Å². The second-order valence-corrected chi connectivity index (χ2v) is 6.92. The zero-order chi connectivity index (χ0) is 18.5. The fourth-order valence-corrected chi connectivity index (χ4v) is 3.29. The number of nitrogens with one attached hydrogen (secondary N) is 1. The van der Waals surface area contributed by atoms with Crippen molar-refractivity contribution in [1.29, 1.82) is 0 Å². The highest BCUT2D eigenvalue weighted by Crippen LogP contribution is 2.25. The van der Waals surface area contributed by atoms with E-state index in [1.54, 1.807) is 11.9 Å². The first-order valence-corrected chi connectivity index (χ1v) is 9.00. The van der Waals surface area contributed by atoms with Crippen molar-refractivity contribution in [3.8, 4) is 0 Å². The molecule has 5 heteroatoms. The van der Waals surface area contributed by atoms with Crippen LogP contribution in [0.3, 0.4) is 0 Å². The van der Waals surface area contributed by atoms with Crippen molar-refractivity contribution in [1.82, 2.24) is 0 Å². The molecule has 5 nitrogen and oxygen atoms in total. The standard InChI is InChI=1S/C21H25N3O2/c1-24(19-5-3-2-4-6-19)20(25)13-15-7-11-18(12-8-15)23-21(26)16-9-10-17(22)14-16/h2-8,11-12,16-17H,9-10,13-14,22H2,1H3,(H,23,26). The molecule has 26 heavy (non-hydrogen) atoms. The lowest BCUT2D eigenvalue weighted by Crippen LogP contribution is -2.27. The molecular weight excluding hydrogens is 326 g/mol. The second-order valence-electron chi connectivity index (χ2n) is 6.92. The highest BCUT2D eigenvalue weighted by molar-refractivity contribution is 5.95. The van der Waals surface area contributed by atoms with Gasteiger partial charge in [0, 0.05) is 30.4 Å². The number of carbonyl (C=O) groups is 2. The Morgan fingerprint density at radius 1 is 1.08 bits per heavy atom. The highest BCUT2D eigenvalue weighted by Gasteiger charge is 2.27. The van der Waals surface area contributed by atoms with Crippen molar-refractivity contribution in [2.24, 2.45) is 11.7 Å². The lowest BCUT2D eigenvalue weighted by Gasteiger charge is -2.17. The van der Waals surface area contributed by atoms with E-state index in [4.69, 9.17) is 5.73 Å². The van der Waals surface area contributed by atoms with Gasteiger partial charge in [0.15, 0.2) is 0 Å². The van der Waals surface area contributed by atoms with E-state index in [-0.39, 0.29) is 23.8 Å². The number of nitrogens with zero attached hydrogens (tertiary/aromatic N) is 1. The Labute approximate surface area is 154 Å². The summed E-state index contributed by atoms with van der Waals surface area (Å²) in [6.07, 6.45) is 2.83. The van der Waals surface area contributed by atoms with Crippen LogP contribution in [-0.2, 0) is 16.0 Å². The Morgan fingerprint density at radius 3 is 2.38 bits per heavy atom. The van der Waals surface area contributed by atoms with Crippen LogP contribution in [0.5, 0.6) is 0 Å². The van der Waals surface area contributed by atoms with Gasteiger partial charge in [0.05, 0.1) is 6.42 Å². The van der Waals surface area contributed by atoms with Crippen molar-refractivity contribution in [3.63, 3.8) is 0 Å². The van der Waals surface area contributed by atoms with Crippen molar-refractivity contribution < 1.29 is 9.59 Å². The van der Waals surface area contributed by atoms with Gasteiger partial charge in [0.25, 0.3) is 0 Å². The normalized spacial score (nSPS) is 19.2. The quantitative estimate of drug-likeness (QED) is 0.869. The summed E-state index contributed by atoms with van der Waals surface area (Å²) in [4.78, 5) is 26.3. The van der Waals surface area contributed by atoms with Crippen LogP contribution in [0.15, 0.2) is 54.6 Å². The SMILES string of the molecule is CN(C(=O)Cc1ccc(NC(=O)C2CCC(N)C2)cc1)c1ccccc1. The maximum Gasteiger partial charge on any atom is 0.231 e. The van der Waals surface area contributed by atoms with E-state index >= 15 is 0 Å². The fraction of sp³-hybridized carbons (Fsp3) is 0.333. The molecule has 0 aliphatic heterocycles. The second kappa shape index (κ2) is 8.15. The van der Waals surface area contributed by atoms with Crippen LogP contribution in [0, 0.1) is 5.92 Å². The van der Waals surface area contributed by atoms with E-state index in [1.165, 1.54) is 0 Å². The number of nitrogens with two attached hydrogens (primary N) is 1. The minimum Gasteiger partial charge on any atom is -0.328 e. The lowest BCUT2D eigenvalue weighted by molar-refractivity contribution is -0.120. The summed E-state index contributed by atoms with van der Waals surface area (Å²) in [6.45, 7) is 0. The van der Waals surface area contributed by atoms with Crippen LogP contribution >= 0.6 is 0 Å². The molecule has 1 saturated carbocycles. The summed E-state index contributed by atoms with van der Waals surface area (Å²) >= 11 is 0. The summed E-state index contributed by atoms with van der Waals surface area (Å²) in [5, 5.41) is 2.94. The summed E-state index contributed by atoms with van der Waals surface area (Å²) in [5.74, 6) is 0.0595. The van der Waals surface area contributed by atoms with E-state index in [0.29, 0.717) is 6.42 Å². The molecule has 1 aliphatic carbocycles. The van der Waals surface area contributed by atoms with Gasteiger partial charge in [-0.05, 0) is 49.1 Å². The predicted octanol–water partition coefficient (Wildman–Crippen LogP) is 2.96. The molecular formula is C21H25N3O2. The van der Waals surface area contributed by atoms with E-state index in [1.807, 2.05) is 54.6 Å². The third-order valence-electron chi connectivity index (χ3n) is 4.94. The molecule has 0 heterocycles. The fourth-order valence-electron chi connectivity index (χ4n) is 3.29. The molecule has 2 unspecified atom stereocenters. The van der Waals surface area contributed by atoms with E-state index in [0.717, 1.165) is 36.2 Å². The van der Waals surface area contributed by atoms with Crippen LogP contribution < -0.4 is 16.0 Å². The predicted molar refractivity (Wildman–Crippen MR) is 104 cm³/mol. The monoisotopic (exact) mass is 351 g/mol. The molecule has 0 aromatic heterocycles. The van der Waals surface area contributed by atoms with Gasteiger partial charge in [-0.15, -0.1) is 0 Å². The Hall–Kier alpha value is -2.66. The summed E-state index contributed by atoms with van der Waals surface area (Å²) in [5.41, 5.74) is 8.41. The number of benzene rings is 2. The van der Waals surface area contributed by atoms with Gasteiger partial charge in [0.2, 0.25) is 11.8 Å². The maximum absolute atomic E-state index is 12.4. The van der Waals surface area contributed by atoms with Gasteiger partial charge < -0.3 is 16.0 Å². The van der Waals surface area contributed by atoms with Crippen molar-refractivity contribution in [2.75, 3.05) is 17.3 Å². The third kappa shape index (κ3) is 4.49. The number of rotatable bonds is 5. The number of anilines is 2. The topological polar surface area (TPSA) is 75.4 Å². The van der Waals surface area contributed by atoms with Crippen molar-refractivity contribution in [3.05, 3.63) is 60.2 Å². The molecule has 0 saturated heterocycles. The first-order valence-electron chi connectivity index (χ1n) is 9.00. The van der Waals surface area contributed by atoms with Gasteiger partial charge in [-0.1, -0.05) is 30.3 Å². The zero-order valence-electron chi connectivity index (χ0n) is 15.0. The number of hydrogen-bond acceptors (Lipinski definition) is 3. The van der Waals surface area contributed by atoms with Gasteiger partial charge in [-0.2, -0.15) is 0 Å². The van der Waals surface area contributed by atoms with E-state index in [9.17, 15) is 9.59 Å². The molecule has 2 amide bonds. The average Bonchev–Trinajstić information content (AvgIpc) is 3.10. The van der Waals surface area contributed by atoms with Crippen LogP contribution in [0.2, 0.25) is 0 Å². The van der Waals surface area contributed by atoms with Gasteiger partial charge in [-0.25, -0.2) is 0 Å². The Balaban J connectivity index is 1.56. The molecule has 0 radical (unpaired) electrons. The molecule has 3 N–H and O–H groups in total. The third-order valence-corrected chi connectivity index (χ3v) is 4.94. The van der Waals surface area contributed by atoms with Crippen molar-refractivity contribution >= 4 is 23.2 Å². The number of hydrogen-bond donors (Lipinski definition) is 2. The van der Waals surface area contributed by atoms with Gasteiger partial charge in [0.1, 0.15) is 0 Å². The first kappa shape index (κ1) is 18.1. The average molecular weight is 351 g/mol. The zero-order valence-corrected chi connectivity index (χ0v) is 15.0. The molecule has 2 aromatic rings. The molecule has 0 spiro atoms. The van der Waals surface area contributed by atoms with Crippen molar-refractivity contribution in [2.45, 2.75) is 31.7 Å². The Morgan fingerprint density at radius 2 is 1.77 bits per heavy atom. The molecule has 3 rings (SSSR count). The number of amides is 2.